The van der Waals surface area contributed by atoms with E-state index < -0.39 is 0 Å². The molecule has 4 heteroatoms. The number of thiophene rings is 1. The van der Waals surface area contributed by atoms with Crippen LogP contribution in [-0.2, 0) is 6.61 Å². The van der Waals surface area contributed by atoms with E-state index in [0.717, 1.165) is 19.9 Å². The van der Waals surface area contributed by atoms with Gasteiger partial charge < -0.3 is 10.8 Å². The molecular weight excluding hydrogens is 202 g/mol. The molecule has 0 aliphatic carbocycles. The monoisotopic (exact) mass is 211 g/mol. The molecule has 0 aliphatic rings. The minimum absolute atomic E-state index is 0.0144. The fourth-order valence-electron chi connectivity index (χ4n) is 1.30. The number of aliphatic hydroxyl groups is 1. The second-order valence-corrected chi connectivity index (χ2v) is 4.66. The third kappa shape index (κ3) is 1.41. The maximum Gasteiger partial charge on any atom is 0.0702 e. The topological polar surface area (TPSA) is 46.2 Å². The van der Waals surface area contributed by atoms with Crippen LogP contribution < -0.4 is 5.73 Å². The minimum Gasteiger partial charge on any atom is -0.398 e. The molecule has 3 N–H and O–H groups in total. The molecule has 0 radical (unpaired) electrons. The zero-order valence-electron chi connectivity index (χ0n) is 6.82. The molecule has 0 spiro atoms. The first kappa shape index (κ1) is 8.87. The summed E-state index contributed by atoms with van der Waals surface area (Å²) in [5, 5.41) is 9.98. The largest absolute Gasteiger partial charge is 0.398 e. The van der Waals surface area contributed by atoms with Crippen LogP contribution in [0.5, 0.6) is 0 Å². The summed E-state index contributed by atoms with van der Waals surface area (Å²) in [5.74, 6) is 0. The lowest BCUT2D eigenvalue weighted by molar-refractivity contribution is 0.282. The van der Waals surface area contributed by atoms with Crippen LogP contribution in [0.3, 0.4) is 0 Å². The number of hydrogen-bond acceptors (Lipinski definition) is 4. The molecule has 0 saturated heterocycles. The van der Waals surface area contributed by atoms with Crippen LogP contribution in [0, 0.1) is 0 Å². The zero-order valence-corrected chi connectivity index (χ0v) is 8.53. The number of nitrogen functional groups attached to an aromatic ring is 1. The van der Waals surface area contributed by atoms with Crippen molar-refractivity contribution in [3.63, 3.8) is 0 Å². The van der Waals surface area contributed by atoms with Gasteiger partial charge in [-0.05, 0) is 12.1 Å². The first-order valence-electron chi connectivity index (χ1n) is 3.83. The third-order valence-corrected chi connectivity index (χ3v) is 3.30. The Morgan fingerprint density at radius 1 is 1.46 bits per heavy atom. The predicted molar refractivity (Wildman–Crippen MR) is 59.4 cm³/mol. The Morgan fingerprint density at radius 2 is 2.23 bits per heavy atom. The van der Waals surface area contributed by atoms with Gasteiger partial charge in [0, 0.05) is 21.3 Å². The van der Waals surface area contributed by atoms with Crippen molar-refractivity contribution in [2.24, 2.45) is 0 Å². The lowest BCUT2D eigenvalue weighted by atomic mass is 10.1. The molecule has 2 nitrogen and oxygen atoms in total. The number of hydrogen-bond donors (Lipinski definition) is 3. The normalized spacial score (nSPS) is 10.9. The first-order valence-corrected chi connectivity index (χ1v) is 5.09. The van der Waals surface area contributed by atoms with Crippen LogP contribution in [-0.4, -0.2) is 5.11 Å². The Hall–Kier alpha value is -0.710. The van der Waals surface area contributed by atoms with Crippen LogP contribution >= 0.6 is 24.0 Å². The van der Waals surface area contributed by atoms with Gasteiger partial charge in [-0.3, -0.25) is 0 Å². The molecule has 13 heavy (non-hydrogen) atoms. The van der Waals surface area contributed by atoms with Crippen LogP contribution in [0.15, 0.2) is 22.4 Å². The number of anilines is 1. The number of benzene rings is 1. The van der Waals surface area contributed by atoms with E-state index in [-0.39, 0.29) is 6.61 Å². The quantitative estimate of drug-likeness (QED) is 0.500. The second-order valence-electron chi connectivity index (χ2n) is 2.79. The van der Waals surface area contributed by atoms with Gasteiger partial charge in [0.05, 0.1) is 10.8 Å². The van der Waals surface area contributed by atoms with Crippen LogP contribution in [0.4, 0.5) is 5.69 Å². The van der Waals surface area contributed by atoms with Gasteiger partial charge in [0.15, 0.2) is 0 Å². The Bertz CT molecular complexity index is 450. The van der Waals surface area contributed by atoms with E-state index in [1.54, 1.807) is 11.3 Å². The predicted octanol–water partition coefficient (Wildman–Crippen LogP) is 2.26. The van der Waals surface area contributed by atoms with Crippen molar-refractivity contribution in [2.45, 2.75) is 10.8 Å². The van der Waals surface area contributed by atoms with Gasteiger partial charge >= 0.3 is 0 Å². The molecule has 0 atom stereocenters. The summed E-state index contributed by atoms with van der Waals surface area (Å²) in [5.41, 5.74) is 7.30. The maximum atomic E-state index is 8.99. The van der Waals surface area contributed by atoms with Crippen molar-refractivity contribution >= 4 is 39.7 Å². The molecule has 1 aromatic carbocycles. The Labute approximate surface area is 85.4 Å². The second kappa shape index (κ2) is 3.21. The molecule has 1 aromatic heterocycles. The molecule has 0 aliphatic heterocycles. The molecule has 0 saturated carbocycles. The van der Waals surface area contributed by atoms with Crippen molar-refractivity contribution in [3.8, 4) is 0 Å². The fourth-order valence-corrected chi connectivity index (χ4v) is 2.54. The highest BCUT2D eigenvalue weighted by molar-refractivity contribution is 7.83. The number of aliphatic hydroxyl groups excluding tert-OH is 1. The standard InChI is InChI=1S/C9H9NOS2/c10-9-5(4-11)1-2-7-6(9)3-8(12)13-7/h1-3,11-12H,4,10H2. The first-order chi connectivity index (χ1) is 6.22. The molecule has 68 valence electrons. The summed E-state index contributed by atoms with van der Waals surface area (Å²) in [4.78, 5) is 0. The number of thiol groups is 1. The average Bonchev–Trinajstić information content (AvgIpc) is 2.47. The highest BCUT2D eigenvalue weighted by Crippen LogP contribution is 2.33. The fraction of sp³-hybridized carbons (Fsp3) is 0.111. The number of rotatable bonds is 1. The van der Waals surface area contributed by atoms with E-state index in [0.29, 0.717) is 5.69 Å². The molecule has 1 heterocycles. The molecule has 0 amide bonds. The lowest BCUT2D eigenvalue weighted by Crippen LogP contribution is -1.93. The van der Waals surface area contributed by atoms with E-state index in [2.05, 4.69) is 12.6 Å². The van der Waals surface area contributed by atoms with Gasteiger partial charge in [-0.1, -0.05) is 6.07 Å². The molecule has 0 bridgehead atoms. The lowest BCUT2D eigenvalue weighted by Gasteiger charge is -2.02. The zero-order chi connectivity index (χ0) is 9.42. The minimum atomic E-state index is -0.0144. The van der Waals surface area contributed by atoms with E-state index in [1.165, 1.54) is 0 Å². The van der Waals surface area contributed by atoms with Crippen LogP contribution in [0.2, 0.25) is 0 Å². The number of fused-ring (bicyclic) bond motifs is 1. The summed E-state index contributed by atoms with van der Waals surface area (Å²) < 4.78 is 2.05. The van der Waals surface area contributed by atoms with Crippen molar-refractivity contribution in [2.75, 3.05) is 5.73 Å². The van der Waals surface area contributed by atoms with E-state index in [1.807, 2.05) is 18.2 Å². The third-order valence-electron chi connectivity index (χ3n) is 1.99. The molecular formula is C9H9NOS2. The van der Waals surface area contributed by atoms with Gasteiger partial charge in [0.1, 0.15) is 0 Å². The molecule has 0 fully saturated rings. The summed E-state index contributed by atoms with van der Waals surface area (Å²) in [7, 11) is 0. The van der Waals surface area contributed by atoms with E-state index in [9.17, 15) is 0 Å². The Kier molecular flexibility index (Phi) is 2.19. The van der Waals surface area contributed by atoms with Gasteiger partial charge in [0.2, 0.25) is 0 Å². The van der Waals surface area contributed by atoms with Gasteiger partial charge in [-0.15, -0.1) is 24.0 Å². The van der Waals surface area contributed by atoms with Gasteiger partial charge in [-0.2, -0.15) is 0 Å². The summed E-state index contributed by atoms with van der Waals surface area (Å²) in [6.45, 7) is -0.0144. The molecule has 2 rings (SSSR count). The number of nitrogens with two attached hydrogens (primary N) is 1. The van der Waals surface area contributed by atoms with Gasteiger partial charge in [0.25, 0.3) is 0 Å². The summed E-state index contributed by atoms with van der Waals surface area (Å²) >= 11 is 5.84. The SMILES string of the molecule is Nc1c(CO)ccc2sc(S)cc12. The van der Waals surface area contributed by atoms with E-state index in [4.69, 9.17) is 10.8 Å². The average molecular weight is 211 g/mol. The van der Waals surface area contributed by atoms with Crippen LogP contribution in [0.25, 0.3) is 10.1 Å². The van der Waals surface area contributed by atoms with E-state index >= 15 is 0 Å². The molecule has 0 unspecified atom stereocenters. The van der Waals surface area contributed by atoms with Crippen molar-refractivity contribution in [3.05, 3.63) is 23.8 Å². The Balaban J connectivity index is 2.78. The summed E-state index contributed by atoms with van der Waals surface area (Å²) in [6.07, 6.45) is 0. The highest BCUT2D eigenvalue weighted by Gasteiger charge is 2.05. The smallest absolute Gasteiger partial charge is 0.0702 e. The highest BCUT2D eigenvalue weighted by atomic mass is 32.2. The maximum absolute atomic E-state index is 8.99. The summed E-state index contributed by atoms with van der Waals surface area (Å²) in [6, 6.07) is 5.74. The van der Waals surface area contributed by atoms with Gasteiger partial charge in [-0.25, -0.2) is 0 Å². The van der Waals surface area contributed by atoms with Crippen molar-refractivity contribution < 1.29 is 5.11 Å². The van der Waals surface area contributed by atoms with Crippen molar-refractivity contribution in [1.29, 1.82) is 0 Å². The Morgan fingerprint density at radius 3 is 2.92 bits per heavy atom. The van der Waals surface area contributed by atoms with Crippen molar-refractivity contribution in [1.82, 2.24) is 0 Å². The van der Waals surface area contributed by atoms with Crippen LogP contribution in [0.1, 0.15) is 5.56 Å². The molecule has 2 aromatic rings.